The monoisotopic (exact) mass is 282 g/mol. The van der Waals surface area contributed by atoms with E-state index in [9.17, 15) is 0 Å². The van der Waals surface area contributed by atoms with Crippen LogP contribution in [-0.2, 0) is 5.54 Å². The van der Waals surface area contributed by atoms with E-state index in [1.54, 1.807) is 13.3 Å². The Hall–Kier alpha value is -2.56. The van der Waals surface area contributed by atoms with Crippen molar-refractivity contribution >= 4 is 11.6 Å². The molecule has 1 atom stereocenters. The number of anilines is 1. The van der Waals surface area contributed by atoms with Gasteiger partial charge in [0.05, 0.1) is 19.3 Å². The summed E-state index contributed by atoms with van der Waals surface area (Å²) in [7, 11) is 1.65. The zero-order valence-electron chi connectivity index (χ0n) is 12.2. The molecule has 0 fully saturated rings. The number of ether oxygens (including phenoxy) is 1. The van der Waals surface area contributed by atoms with Crippen LogP contribution in [0.5, 0.6) is 5.75 Å². The van der Waals surface area contributed by atoms with Gasteiger partial charge in [-0.3, -0.25) is 14.9 Å². The molecule has 5 nitrogen and oxygen atoms in total. The zero-order chi connectivity index (χ0) is 14.9. The van der Waals surface area contributed by atoms with Gasteiger partial charge in [-0.05, 0) is 31.2 Å². The van der Waals surface area contributed by atoms with E-state index in [2.05, 4.69) is 16.9 Å². The SMILES string of the molecule is COc1cccc(N2C(N)=NCC2(C)c2ccccn2)c1. The summed E-state index contributed by atoms with van der Waals surface area (Å²) in [6.45, 7) is 2.67. The minimum atomic E-state index is -0.391. The Morgan fingerprint density at radius 1 is 1.24 bits per heavy atom. The average Bonchev–Trinajstić information content (AvgIpc) is 2.85. The molecule has 0 aliphatic carbocycles. The van der Waals surface area contributed by atoms with Crippen molar-refractivity contribution in [1.82, 2.24) is 4.98 Å². The first-order valence-corrected chi connectivity index (χ1v) is 6.81. The van der Waals surface area contributed by atoms with Crippen LogP contribution in [0.3, 0.4) is 0 Å². The summed E-state index contributed by atoms with van der Waals surface area (Å²) in [5, 5.41) is 0. The number of aromatic nitrogens is 1. The molecule has 0 amide bonds. The number of nitrogens with two attached hydrogens (primary N) is 1. The molecule has 108 valence electrons. The zero-order valence-corrected chi connectivity index (χ0v) is 12.2. The molecule has 21 heavy (non-hydrogen) atoms. The Labute approximate surface area is 124 Å². The lowest BCUT2D eigenvalue weighted by Gasteiger charge is -2.35. The van der Waals surface area contributed by atoms with Gasteiger partial charge in [-0.25, -0.2) is 0 Å². The van der Waals surface area contributed by atoms with Crippen LogP contribution in [0.4, 0.5) is 5.69 Å². The highest BCUT2D eigenvalue weighted by Crippen LogP contribution is 2.36. The number of hydrogen-bond donors (Lipinski definition) is 1. The molecule has 1 aromatic carbocycles. The van der Waals surface area contributed by atoms with Gasteiger partial charge < -0.3 is 10.5 Å². The quantitative estimate of drug-likeness (QED) is 0.936. The van der Waals surface area contributed by atoms with Crippen LogP contribution in [0, 0.1) is 0 Å². The van der Waals surface area contributed by atoms with Crippen LogP contribution in [0.15, 0.2) is 53.7 Å². The Kier molecular flexibility index (Phi) is 3.25. The van der Waals surface area contributed by atoms with Crippen LogP contribution in [-0.4, -0.2) is 24.6 Å². The van der Waals surface area contributed by atoms with E-state index in [1.807, 2.05) is 47.4 Å². The molecule has 2 N–H and O–H groups in total. The summed E-state index contributed by atoms with van der Waals surface area (Å²) in [6.07, 6.45) is 1.79. The van der Waals surface area contributed by atoms with Crippen molar-refractivity contribution in [2.75, 3.05) is 18.6 Å². The molecule has 3 rings (SSSR count). The predicted molar refractivity (Wildman–Crippen MR) is 83.6 cm³/mol. The summed E-state index contributed by atoms with van der Waals surface area (Å²) in [5.74, 6) is 1.28. The second kappa shape index (κ2) is 5.09. The Bertz CT molecular complexity index is 671. The van der Waals surface area contributed by atoms with E-state index in [0.29, 0.717) is 12.5 Å². The molecule has 0 bridgehead atoms. The largest absolute Gasteiger partial charge is 0.497 e. The molecule has 1 aromatic heterocycles. The first-order chi connectivity index (χ1) is 10.1. The van der Waals surface area contributed by atoms with Crippen LogP contribution in [0.25, 0.3) is 0 Å². The molecular weight excluding hydrogens is 264 g/mol. The van der Waals surface area contributed by atoms with Crippen molar-refractivity contribution in [2.45, 2.75) is 12.5 Å². The van der Waals surface area contributed by atoms with E-state index in [4.69, 9.17) is 10.5 Å². The minimum absolute atomic E-state index is 0.391. The Morgan fingerprint density at radius 3 is 2.81 bits per heavy atom. The van der Waals surface area contributed by atoms with Crippen molar-refractivity contribution in [3.05, 3.63) is 54.4 Å². The highest BCUT2D eigenvalue weighted by molar-refractivity contribution is 5.98. The summed E-state index contributed by atoms with van der Waals surface area (Å²) in [4.78, 5) is 10.9. The van der Waals surface area contributed by atoms with Crippen molar-refractivity contribution < 1.29 is 4.74 Å². The number of aliphatic imine (C=N–C) groups is 1. The lowest BCUT2D eigenvalue weighted by molar-refractivity contribution is 0.414. The average molecular weight is 282 g/mol. The lowest BCUT2D eigenvalue weighted by Crippen LogP contribution is -2.48. The number of nitrogens with zero attached hydrogens (tertiary/aromatic N) is 3. The summed E-state index contributed by atoms with van der Waals surface area (Å²) < 4.78 is 5.30. The van der Waals surface area contributed by atoms with Gasteiger partial charge in [0.2, 0.25) is 0 Å². The number of guanidine groups is 1. The molecule has 0 radical (unpaired) electrons. The van der Waals surface area contributed by atoms with Gasteiger partial charge in [0.25, 0.3) is 0 Å². The maximum absolute atomic E-state index is 6.12. The van der Waals surface area contributed by atoms with Crippen LogP contribution >= 0.6 is 0 Å². The highest BCUT2D eigenvalue weighted by Gasteiger charge is 2.41. The fraction of sp³-hybridized carbons (Fsp3) is 0.250. The van der Waals surface area contributed by atoms with Gasteiger partial charge in [-0.2, -0.15) is 0 Å². The van der Waals surface area contributed by atoms with E-state index >= 15 is 0 Å². The normalized spacial score (nSPS) is 21.2. The molecule has 5 heteroatoms. The standard InChI is InChI=1S/C16H18N4O/c1-16(14-8-3-4-9-18-14)11-19-15(17)20(16)12-6-5-7-13(10-12)21-2/h3-10H,11H2,1-2H3,(H2,17,19). The third kappa shape index (κ3) is 2.20. The molecule has 0 saturated heterocycles. The molecular formula is C16H18N4O. The minimum Gasteiger partial charge on any atom is -0.497 e. The first-order valence-electron chi connectivity index (χ1n) is 6.81. The second-order valence-corrected chi connectivity index (χ2v) is 5.20. The van der Waals surface area contributed by atoms with Crippen LogP contribution in [0.1, 0.15) is 12.6 Å². The fourth-order valence-corrected chi connectivity index (χ4v) is 2.67. The number of benzene rings is 1. The highest BCUT2D eigenvalue weighted by atomic mass is 16.5. The third-order valence-corrected chi connectivity index (χ3v) is 3.80. The molecule has 2 aromatic rings. The summed E-state index contributed by atoms with van der Waals surface area (Å²) >= 11 is 0. The van der Waals surface area contributed by atoms with E-state index in [-0.39, 0.29) is 0 Å². The maximum atomic E-state index is 6.12. The maximum Gasteiger partial charge on any atom is 0.196 e. The predicted octanol–water partition coefficient (Wildman–Crippen LogP) is 2.14. The molecule has 1 aliphatic rings. The number of hydrogen-bond acceptors (Lipinski definition) is 5. The van der Waals surface area contributed by atoms with E-state index in [0.717, 1.165) is 17.1 Å². The first kappa shape index (κ1) is 13.4. The summed E-state index contributed by atoms with van der Waals surface area (Å²) in [5.41, 5.74) is 7.62. The number of rotatable bonds is 3. The van der Waals surface area contributed by atoms with E-state index in [1.165, 1.54) is 0 Å². The van der Waals surface area contributed by atoms with Crippen LogP contribution in [0.2, 0.25) is 0 Å². The molecule has 0 spiro atoms. The Balaban J connectivity index is 2.07. The molecule has 0 saturated carbocycles. The Morgan fingerprint density at radius 2 is 2.10 bits per heavy atom. The topological polar surface area (TPSA) is 63.7 Å². The number of methoxy groups -OCH3 is 1. The van der Waals surface area contributed by atoms with Gasteiger partial charge in [0, 0.05) is 18.0 Å². The van der Waals surface area contributed by atoms with Gasteiger partial charge in [0.1, 0.15) is 11.3 Å². The van der Waals surface area contributed by atoms with Gasteiger partial charge in [-0.1, -0.05) is 12.1 Å². The fourth-order valence-electron chi connectivity index (χ4n) is 2.67. The van der Waals surface area contributed by atoms with E-state index < -0.39 is 5.54 Å². The number of pyridine rings is 1. The van der Waals surface area contributed by atoms with Crippen molar-refractivity contribution in [3.8, 4) is 5.75 Å². The molecule has 1 aliphatic heterocycles. The van der Waals surface area contributed by atoms with Gasteiger partial charge >= 0.3 is 0 Å². The van der Waals surface area contributed by atoms with Crippen molar-refractivity contribution in [2.24, 2.45) is 10.7 Å². The van der Waals surface area contributed by atoms with Gasteiger partial charge in [-0.15, -0.1) is 0 Å². The van der Waals surface area contributed by atoms with Crippen LogP contribution < -0.4 is 15.4 Å². The molecule has 2 heterocycles. The van der Waals surface area contributed by atoms with Crippen molar-refractivity contribution in [3.63, 3.8) is 0 Å². The van der Waals surface area contributed by atoms with Gasteiger partial charge in [0.15, 0.2) is 5.96 Å². The lowest BCUT2D eigenvalue weighted by atomic mass is 9.95. The third-order valence-electron chi connectivity index (χ3n) is 3.80. The smallest absolute Gasteiger partial charge is 0.196 e. The molecule has 1 unspecified atom stereocenters. The summed E-state index contributed by atoms with van der Waals surface area (Å²) in [6, 6.07) is 13.7. The van der Waals surface area contributed by atoms with Crippen molar-refractivity contribution in [1.29, 1.82) is 0 Å². The second-order valence-electron chi connectivity index (χ2n) is 5.20.